The quantitative estimate of drug-likeness (QED) is 0.231. The first kappa shape index (κ1) is 21.8. The smallest absolute Gasteiger partial charge is 0.0434 e. The lowest BCUT2D eigenvalue weighted by molar-refractivity contribution is 1.62. The molecule has 0 radical (unpaired) electrons. The second-order valence-corrected chi connectivity index (χ2v) is 10.3. The maximum atomic E-state index is 2.38. The standard InChI is InChI=1S/C36H24S/c1-3-13-25(14-4-1)29-19-9-10-20-30(29)35-31-21-11-12-22-32(31)36(37-35)34-24-28-18-8-7-17-27(28)23-33(34)26-15-5-2-6-16-26/h1-24H. The van der Waals surface area contributed by atoms with Gasteiger partial charge in [0.1, 0.15) is 0 Å². The van der Waals surface area contributed by atoms with Crippen molar-refractivity contribution in [3.05, 3.63) is 146 Å². The highest BCUT2D eigenvalue weighted by Crippen LogP contribution is 2.49. The first-order chi connectivity index (χ1) is 18.4. The third-order valence-electron chi connectivity index (χ3n) is 7.09. The van der Waals surface area contributed by atoms with Crippen LogP contribution in [0.1, 0.15) is 0 Å². The molecule has 0 amide bonds. The summed E-state index contributed by atoms with van der Waals surface area (Å²) in [5.74, 6) is 0. The summed E-state index contributed by atoms with van der Waals surface area (Å²) >= 11 is 1.91. The van der Waals surface area contributed by atoms with E-state index >= 15 is 0 Å². The number of benzene rings is 6. The van der Waals surface area contributed by atoms with Crippen LogP contribution in [0, 0.1) is 0 Å². The lowest BCUT2D eigenvalue weighted by Crippen LogP contribution is -1.85. The van der Waals surface area contributed by atoms with Crippen LogP contribution in [-0.4, -0.2) is 0 Å². The van der Waals surface area contributed by atoms with E-state index in [0.29, 0.717) is 0 Å². The monoisotopic (exact) mass is 488 g/mol. The van der Waals surface area contributed by atoms with Crippen LogP contribution in [0.15, 0.2) is 146 Å². The third kappa shape index (κ3) is 3.85. The zero-order chi connectivity index (χ0) is 24.6. The predicted octanol–water partition coefficient (Wildman–Crippen LogP) is 10.7. The fourth-order valence-corrected chi connectivity index (χ4v) is 6.67. The molecule has 0 aliphatic heterocycles. The number of hydrogen-bond donors (Lipinski definition) is 0. The van der Waals surface area contributed by atoms with Crippen LogP contribution >= 0.6 is 11.3 Å². The van der Waals surface area contributed by atoms with Crippen molar-refractivity contribution >= 4 is 32.9 Å². The number of thiophene rings is 1. The van der Waals surface area contributed by atoms with E-state index in [-0.39, 0.29) is 0 Å². The van der Waals surface area contributed by atoms with Gasteiger partial charge in [-0.1, -0.05) is 133 Å². The Morgan fingerprint density at radius 1 is 0.324 bits per heavy atom. The molecule has 1 heterocycles. The fourth-order valence-electron chi connectivity index (χ4n) is 5.33. The average molecular weight is 489 g/mol. The van der Waals surface area contributed by atoms with Gasteiger partial charge in [-0.05, 0) is 45.2 Å². The maximum Gasteiger partial charge on any atom is 0.0434 e. The van der Waals surface area contributed by atoms with Crippen LogP contribution in [-0.2, 0) is 0 Å². The summed E-state index contributed by atoms with van der Waals surface area (Å²) in [6, 6.07) is 52.6. The Balaban J connectivity index is 1.53. The van der Waals surface area contributed by atoms with Crippen molar-refractivity contribution in [3.8, 4) is 43.1 Å². The molecule has 7 aromatic rings. The third-order valence-corrected chi connectivity index (χ3v) is 8.38. The minimum Gasteiger partial charge on any atom is -0.134 e. The Morgan fingerprint density at radius 2 is 0.757 bits per heavy atom. The lowest BCUT2D eigenvalue weighted by Gasteiger charge is -2.12. The van der Waals surface area contributed by atoms with Gasteiger partial charge in [-0.15, -0.1) is 11.3 Å². The Bertz CT molecular complexity index is 1860. The molecule has 0 atom stereocenters. The highest BCUT2D eigenvalue weighted by Gasteiger charge is 2.19. The summed E-state index contributed by atoms with van der Waals surface area (Å²) in [5, 5.41) is 5.14. The van der Waals surface area contributed by atoms with E-state index in [1.807, 2.05) is 11.3 Å². The highest BCUT2D eigenvalue weighted by atomic mass is 32.1. The summed E-state index contributed by atoms with van der Waals surface area (Å²) in [5.41, 5.74) is 7.59. The first-order valence-corrected chi connectivity index (χ1v) is 13.4. The van der Waals surface area contributed by atoms with Gasteiger partial charge in [0.05, 0.1) is 0 Å². The van der Waals surface area contributed by atoms with Crippen molar-refractivity contribution in [3.63, 3.8) is 0 Å². The van der Waals surface area contributed by atoms with Crippen molar-refractivity contribution < 1.29 is 0 Å². The van der Waals surface area contributed by atoms with E-state index < -0.39 is 0 Å². The first-order valence-electron chi connectivity index (χ1n) is 12.6. The normalized spacial score (nSPS) is 11.2. The molecule has 0 nitrogen and oxygen atoms in total. The molecule has 7 rings (SSSR count). The predicted molar refractivity (Wildman–Crippen MR) is 161 cm³/mol. The summed E-state index contributed by atoms with van der Waals surface area (Å²) in [6.07, 6.45) is 0. The molecule has 0 bridgehead atoms. The van der Waals surface area contributed by atoms with Crippen molar-refractivity contribution in [1.82, 2.24) is 0 Å². The van der Waals surface area contributed by atoms with E-state index in [1.54, 1.807) is 0 Å². The molecule has 0 saturated carbocycles. The minimum atomic E-state index is 1.24. The van der Waals surface area contributed by atoms with Gasteiger partial charge in [0.15, 0.2) is 0 Å². The largest absolute Gasteiger partial charge is 0.134 e. The van der Waals surface area contributed by atoms with Gasteiger partial charge in [0.25, 0.3) is 0 Å². The molecular formula is C36H24S. The molecule has 1 heteroatoms. The second kappa shape index (κ2) is 9.20. The highest BCUT2D eigenvalue weighted by molar-refractivity contribution is 7.21. The SMILES string of the molecule is c1ccc(-c2ccccc2-c2sc(-c3cc4ccccc4cc3-c3ccccc3)c3ccccc23)cc1. The second-order valence-electron chi connectivity index (χ2n) is 9.33. The molecular weight excluding hydrogens is 464 g/mol. The molecule has 0 unspecified atom stereocenters. The average Bonchev–Trinajstić information content (AvgIpc) is 3.37. The Kier molecular flexibility index (Phi) is 5.42. The van der Waals surface area contributed by atoms with Gasteiger partial charge in [0.2, 0.25) is 0 Å². The molecule has 0 spiro atoms. The zero-order valence-corrected chi connectivity index (χ0v) is 21.1. The van der Waals surface area contributed by atoms with Crippen LogP contribution in [0.5, 0.6) is 0 Å². The van der Waals surface area contributed by atoms with Gasteiger partial charge in [-0.2, -0.15) is 0 Å². The van der Waals surface area contributed by atoms with Gasteiger partial charge >= 0.3 is 0 Å². The molecule has 0 aliphatic rings. The molecule has 174 valence electrons. The van der Waals surface area contributed by atoms with Crippen LogP contribution in [0.2, 0.25) is 0 Å². The van der Waals surface area contributed by atoms with Crippen LogP contribution in [0.4, 0.5) is 0 Å². The van der Waals surface area contributed by atoms with E-state index in [0.717, 1.165) is 0 Å². The molecule has 0 saturated heterocycles. The van der Waals surface area contributed by atoms with E-state index in [1.165, 1.54) is 64.7 Å². The Morgan fingerprint density at radius 3 is 1.38 bits per heavy atom. The molecule has 37 heavy (non-hydrogen) atoms. The van der Waals surface area contributed by atoms with Gasteiger partial charge in [-0.25, -0.2) is 0 Å². The van der Waals surface area contributed by atoms with Crippen molar-refractivity contribution in [2.45, 2.75) is 0 Å². The fraction of sp³-hybridized carbons (Fsp3) is 0. The molecule has 1 aromatic heterocycles. The molecule has 0 fully saturated rings. The number of fused-ring (bicyclic) bond motifs is 2. The van der Waals surface area contributed by atoms with Gasteiger partial charge in [0, 0.05) is 31.7 Å². The summed E-state index contributed by atoms with van der Waals surface area (Å²) in [7, 11) is 0. The van der Waals surface area contributed by atoms with Crippen molar-refractivity contribution in [1.29, 1.82) is 0 Å². The summed E-state index contributed by atoms with van der Waals surface area (Å²) < 4.78 is 0. The van der Waals surface area contributed by atoms with E-state index in [2.05, 4.69) is 146 Å². The Hall–Kier alpha value is -4.46. The topological polar surface area (TPSA) is 0 Å². The van der Waals surface area contributed by atoms with Gasteiger partial charge in [-0.3, -0.25) is 0 Å². The Labute approximate surface area is 221 Å². The van der Waals surface area contributed by atoms with Crippen LogP contribution in [0.25, 0.3) is 64.7 Å². The molecule has 0 N–H and O–H groups in total. The van der Waals surface area contributed by atoms with E-state index in [9.17, 15) is 0 Å². The zero-order valence-electron chi connectivity index (χ0n) is 20.3. The summed E-state index contributed by atoms with van der Waals surface area (Å²) in [4.78, 5) is 2.63. The van der Waals surface area contributed by atoms with Crippen LogP contribution < -0.4 is 0 Å². The number of hydrogen-bond acceptors (Lipinski definition) is 1. The lowest BCUT2D eigenvalue weighted by atomic mass is 9.93. The molecule has 6 aromatic carbocycles. The van der Waals surface area contributed by atoms with Crippen molar-refractivity contribution in [2.24, 2.45) is 0 Å². The maximum absolute atomic E-state index is 2.38. The van der Waals surface area contributed by atoms with Gasteiger partial charge < -0.3 is 0 Å². The van der Waals surface area contributed by atoms with Crippen molar-refractivity contribution in [2.75, 3.05) is 0 Å². The minimum absolute atomic E-state index is 1.24. The van der Waals surface area contributed by atoms with Crippen LogP contribution in [0.3, 0.4) is 0 Å². The van der Waals surface area contributed by atoms with E-state index in [4.69, 9.17) is 0 Å². The summed E-state index contributed by atoms with van der Waals surface area (Å²) in [6.45, 7) is 0. The number of rotatable bonds is 4. The molecule has 0 aliphatic carbocycles.